The number of rotatable bonds is 2. The van der Waals surface area contributed by atoms with Crippen LogP contribution in [0.1, 0.15) is 19.3 Å². The summed E-state index contributed by atoms with van der Waals surface area (Å²) in [6, 6.07) is 5.50. The summed E-state index contributed by atoms with van der Waals surface area (Å²) < 4.78 is 0. The van der Waals surface area contributed by atoms with Crippen LogP contribution < -0.4 is 10.6 Å². The summed E-state index contributed by atoms with van der Waals surface area (Å²) in [4.78, 5) is 20.5. The van der Waals surface area contributed by atoms with Crippen LogP contribution in [0.4, 0.5) is 5.69 Å². The third-order valence-corrected chi connectivity index (χ3v) is 3.36. The van der Waals surface area contributed by atoms with Gasteiger partial charge in [-0.15, -0.1) is 12.4 Å². The lowest BCUT2D eigenvalue weighted by molar-refractivity contribution is -0.118. The molecule has 0 radical (unpaired) electrons. The van der Waals surface area contributed by atoms with Crippen molar-refractivity contribution in [3.8, 4) is 0 Å². The van der Waals surface area contributed by atoms with Gasteiger partial charge in [0.25, 0.3) is 0 Å². The Bertz CT molecular complexity index is 598. The minimum atomic E-state index is -0.0775. The molecule has 1 saturated heterocycles. The summed E-state index contributed by atoms with van der Waals surface area (Å²) in [6.07, 6.45) is 6.46. The summed E-state index contributed by atoms with van der Waals surface area (Å²) >= 11 is 0. The van der Waals surface area contributed by atoms with E-state index in [-0.39, 0.29) is 24.4 Å². The Morgan fingerprint density at radius 1 is 1.20 bits per heavy atom. The number of amides is 1. The van der Waals surface area contributed by atoms with Gasteiger partial charge in [0, 0.05) is 18.1 Å². The molecule has 2 heterocycles. The highest BCUT2D eigenvalue weighted by molar-refractivity contribution is 5.96. The van der Waals surface area contributed by atoms with Crippen LogP contribution in [-0.2, 0) is 4.79 Å². The molecular weight excluding hydrogens is 276 g/mol. The molecule has 0 spiro atoms. The fourth-order valence-electron chi connectivity index (χ4n) is 2.35. The minimum absolute atomic E-state index is 0. The molecule has 1 amide bonds. The van der Waals surface area contributed by atoms with E-state index in [0.29, 0.717) is 0 Å². The molecule has 2 aromatic rings. The highest BCUT2D eigenvalue weighted by atomic mass is 35.5. The molecular formula is C14H17ClN4O. The van der Waals surface area contributed by atoms with Crippen LogP contribution in [0.25, 0.3) is 11.0 Å². The van der Waals surface area contributed by atoms with Gasteiger partial charge < -0.3 is 10.6 Å². The van der Waals surface area contributed by atoms with Crippen LogP contribution in [0.15, 0.2) is 30.6 Å². The van der Waals surface area contributed by atoms with E-state index < -0.39 is 0 Å². The van der Waals surface area contributed by atoms with E-state index in [1.54, 1.807) is 12.4 Å². The van der Waals surface area contributed by atoms with Crippen LogP contribution in [0, 0.1) is 0 Å². The number of fused-ring (bicyclic) bond motifs is 1. The fraction of sp³-hybridized carbons (Fsp3) is 0.357. The largest absolute Gasteiger partial charge is 0.325 e. The summed E-state index contributed by atoms with van der Waals surface area (Å²) in [5.74, 6) is 0.0305. The predicted molar refractivity (Wildman–Crippen MR) is 81.1 cm³/mol. The Labute approximate surface area is 123 Å². The van der Waals surface area contributed by atoms with E-state index in [4.69, 9.17) is 0 Å². The van der Waals surface area contributed by atoms with Gasteiger partial charge in [-0.1, -0.05) is 6.42 Å². The maximum atomic E-state index is 12.1. The number of anilines is 1. The average Bonchev–Trinajstić information content (AvgIpc) is 2.48. The van der Waals surface area contributed by atoms with E-state index in [1.165, 1.54) is 0 Å². The van der Waals surface area contributed by atoms with Crippen LogP contribution in [-0.4, -0.2) is 28.5 Å². The molecule has 1 aliphatic heterocycles. The summed E-state index contributed by atoms with van der Waals surface area (Å²) in [7, 11) is 0. The second kappa shape index (κ2) is 6.63. The number of halogens is 1. The van der Waals surface area contributed by atoms with E-state index in [2.05, 4.69) is 20.6 Å². The lowest BCUT2D eigenvalue weighted by Gasteiger charge is -2.22. The molecule has 1 aliphatic rings. The third-order valence-electron chi connectivity index (χ3n) is 3.36. The van der Waals surface area contributed by atoms with Gasteiger partial charge >= 0.3 is 0 Å². The van der Waals surface area contributed by atoms with Gasteiger partial charge in [-0.3, -0.25) is 14.8 Å². The number of carbonyl (C=O) groups is 1. The van der Waals surface area contributed by atoms with Crippen LogP contribution >= 0.6 is 12.4 Å². The van der Waals surface area contributed by atoms with Gasteiger partial charge in [-0.2, -0.15) is 0 Å². The average molecular weight is 293 g/mol. The highest BCUT2D eigenvalue weighted by Gasteiger charge is 2.20. The monoisotopic (exact) mass is 292 g/mol. The quantitative estimate of drug-likeness (QED) is 0.890. The maximum absolute atomic E-state index is 12.1. The van der Waals surface area contributed by atoms with Crippen molar-refractivity contribution >= 4 is 35.0 Å². The van der Waals surface area contributed by atoms with Crippen molar-refractivity contribution in [2.45, 2.75) is 25.3 Å². The number of piperidine rings is 1. The Kier molecular flexibility index (Phi) is 4.87. The molecule has 2 N–H and O–H groups in total. The number of hydrogen-bond acceptors (Lipinski definition) is 4. The zero-order valence-electron chi connectivity index (χ0n) is 11.0. The van der Waals surface area contributed by atoms with E-state index >= 15 is 0 Å². The lowest BCUT2D eigenvalue weighted by Crippen LogP contribution is -2.43. The van der Waals surface area contributed by atoms with Gasteiger partial charge in [0.2, 0.25) is 5.91 Å². The maximum Gasteiger partial charge on any atom is 0.241 e. The number of carbonyl (C=O) groups excluding carboxylic acids is 1. The smallest absolute Gasteiger partial charge is 0.241 e. The fourth-order valence-corrected chi connectivity index (χ4v) is 2.35. The molecule has 0 unspecified atom stereocenters. The molecule has 0 bridgehead atoms. The number of nitrogens with one attached hydrogen (secondary N) is 2. The third kappa shape index (κ3) is 3.23. The number of nitrogens with zero attached hydrogens (tertiary/aromatic N) is 2. The Hall–Kier alpha value is -1.72. The molecule has 1 atom stereocenters. The van der Waals surface area contributed by atoms with Crippen molar-refractivity contribution in [3.63, 3.8) is 0 Å². The molecule has 3 rings (SSSR count). The number of aromatic nitrogens is 2. The molecule has 5 nitrogen and oxygen atoms in total. The van der Waals surface area contributed by atoms with Gasteiger partial charge in [0.1, 0.15) is 0 Å². The molecule has 1 fully saturated rings. The molecule has 0 saturated carbocycles. The second-order valence-electron chi connectivity index (χ2n) is 4.75. The summed E-state index contributed by atoms with van der Waals surface area (Å²) in [6.45, 7) is 0.918. The lowest BCUT2D eigenvalue weighted by atomic mass is 10.0. The van der Waals surface area contributed by atoms with Crippen molar-refractivity contribution in [3.05, 3.63) is 30.6 Å². The topological polar surface area (TPSA) is 66.9 Å². The first-order chi connectivity index (χ1) is 9.33. The van der Waals surface area contributed by atoms with Gasteiger partial charge in [0.05, 0.1) is 17.1 Å². The molecule has 1 aromatic heterocycles. The Morgan fingerprint density at radius 2 is 2.00 bits per heavy atom. The molecule has 106 valence electrons. The van der Waals surface area contributed by atoms with Crippen LogP contribution in [0.5, 0.6) is 0 Å². The van der Waals surface area contributed by atoms with E-state index in [0.717, 1.165) is 42.5 Å². The molecule has 1 aromatic carbocycles. The van der Waals surface area contributed by atoms with Crippen molar-refractivity contribution in [1.82, 2.24) is 15.3 Å². The Morgan fingerprint density at radius 3 is 2.75 bits per heavy atom. The Balaban J connectivity index is 0.00000147. The minimum Gasteiger partial charge on any atom is -0.325 e. The van der Waals surface area contributed by atoms with E-state index in [1.807, 2.05) is 18.2 Å². The van der Waals surface area contributed by atoms with Crippen LogP contribution in [0.3, 0.4) is 0 Å². The van der Waals surface area contributed by atoms with Gasteiger partial charge in [0.15, 0.2) is 0 Å². The van der Waals surface area contributed by atoms with Crippen LogP contribution in [0.2, 0.25) is 0 Å². The van der Waals surface area contributed by atoms with Gasteiger partial charge in [-0.05, 0) is 37.6 Å². The number of hydrogen-bond donors (Lipinski definition) is 2. The van der Waals surface area contributed by atoms with Crippen molar-refractivity contribution in [2.75, 3.05) is 11.9 Å². The standard InChI is InChI=1S/C14H16N4O.ClH/c19-14(12-3-1-2-6-15-12)18-10-4-5-11-13(9-10)17-8-7-16-11;/h4-5,7-9,12,15H,1-3,6H2,(H,18,19);1H/t12-;/m1./s1. The van der Waals surface area contributed by atoms with Crippen molar-refractivity contribution in [1.29, 1.82) is 0 Å². The second-order valence-corrected chi connectivity index (χ2v) is 4.75. The summed E-state index contributed by atoms with van der Waals surface area (Å²) in [5.41, 5.74) is 2.39. The molecule has 0 aliphatic carbocycles. The predicted octanol–water partition coefficient (Wildman–Crippen LogP) is 2.13. The van der Waals surface area contributed by atoms with Crippen molar-refractivity contribution in [2.24, 2.45) is 0 Å². The zero-order chi connectivity index (χ0) is 13.1. The molecule has 20 heavy (non-hydrogen) atoms. The van der Waals surface area contributed by atoms with Crippen molar-refractivity contribution < 1.29 is 4.79 Å². The zero-order valence-corrected chi connectivity index (χ0v) is 11.8. The normalized spacial score (nSPS) is 18.3. The SMILES string of the molecule is Cl.O=C(Nc1ccc2nccnc2c1)[C@H]1CCCCN1. The number of benzene rings is 1. The van der Waals surface area contributed by atoms with Gasteiger partial charge in [-0.25, -0.2) is 0 Å². The summed E-state index contributed by atoms with van der Waals surface area (Å²) in [5, 5.41) is 6.17. The van der Waals surface area contributed by atoms with E-state index in [9.17, 15) is 4.79 Å². The highest BCUT2D eigenvalue weighted by Crippen LogP contribution is 2.16. The first-order valence-electron chi connectivity index (χ1n) is 6.58. The first-order valence-corrected chi connectivity index (χ1v) is 6.58. The first kappa shape index (κ1) is 14.7. The molecule has 6 heteroatoms.